The number of rotatable bonds is 5. The van der Waals surface area contributed by atoms with Crippen LogP contribution in [0, 0.1) is 12.8 Å². The smallest absolute Gasteiger partial charge is 0.317 e. The molecule has 1 fully saturated rings. The third-order valence-corrected chi connectivity index (χ3v) is 4.09. The van der Waals surface area contributed by atoms with E-state index in [1.54, 1.807) is 18.9 Å². The maximum Gasteiger partial charge on any atom is 0.317 e. The quantitative estimate of drug-likeness (QED) is 0.848. The fourth-order valence-corrected chi connectivity index (χ4v) is 2.85. The second kappa shape index (κ2) is 8.00. The Kier molecular flexibility index (Phi) is 6.02. The zero-order valence-corrected chi connectivity index (χ0v) is 13.1. The van der Waals surface area contributed by atoms with Crippen LogP contribution in [-0.2, 0) is 6.54 Å². The van der Waals surface area contributed by atoms with E-state index in [9.17, 15) is 4.79 Å². The van der Waals surface area contributed by atoms with Crippen molar-refractivity contribution in [2.45, 2.75) is 58.4 Å². The molecule has 0 aliphatic heterocycles. The number of amides is 2. The molecule has 1 aliphatic rings. The van der Waals surface area contributed by atoms with Crippen molar-refractivity contribution in [2.24, 2.45) is 5.92 Å². The summed E-state index contributed by atoms with van der Waals surface area (Å²) in [6.45, 7) is 2.83. The van der Waals surface area contributed by atoms with Crippen LogP contribution in [0.5, 0.6) is 0 Å². The van der Waals surface area contributed by atoms with Crippen molar-refractivity contribution in [3.63, 3.8) is 0 Å². The van der Waals surface area contributed by atoms with E-state index < -0.39 is 0 Å². The lowest BCUT2D eigenvalue weighted by Gasteiger charge is -2.18. The van der Waals surface area contributed by atoms with Crippen LogP contribution in [0.4, 0.5) is 4.79 Å². The number of hydrogen-bond donors (Lipinski definition) is 1. The number of nitrogens with one attached hydrogen (secondary N) is 1. The first-order valence-corrected chi connectivity index (χ1v) is 7.93. The molecule has 2 rings (SSSR count). The number of carbonyl (C=O) groups excluding carboxylic acids is 1. The minimum Gasteiger partial charge on any atom is -0.424 e. The first kappa shape index (κ1) is 15.8. The zero-order valence-electron chi connectivity index (χ0n) is 13.1. The molecule has 2 amide bonds. The SMILES string of the molecule is Cc1nnc(CN(C)C(=O)NCCC2CCCCCC2)o1. The van der Waals surface area contributed by atoms with Gasteiger partial charge >= 0.3 is 6.03 Å². The fraction of sp³-hybridized carbons (Fsp3) is 0.800. The number of hydrogen-bond acceptors (Lipinski definition) is 4. The van der Waals surface area contributed by atoms with E-state index in [0.29, 0.717) is 18.3 Å². The molecule has 0 spiro atoms. The van der Waals surface area contributed by atoms with Gasteiger partial charge in [-0.15, -0.1) is 10.2 Å². The third-order valence-electron chi connectivity index (χ3n) is 4.09. The highest BCUT2D eigenvalue weighted by molar-refractivity contribution is 5.73. The first-order valence-electron chi connectivity index (χ1n) is 7.93. The van der Waals surface area contributed by atoms with E-state index in [2.05, 4.69) is 15.5 Å². The van der Waals surface area contributed by atoms with Crippen molar-refractivity contribution in [1.82, 2.24) is 20.4 Å². The van der Waals surface area contributed by atoms with Crippen molar-refractivity contribution >= 4 is 6.03 Å². The highest BCUT2D eigenvalue weighted by Gasteiger charge is 2.15. The van der Waals surface area contributed by atoms with Crippen molar-refractivity contribution in [1.29, 1.82) is 0 Å². The average molecular weight is 294 g/mol. The Morgan fingerprint density at radius 3 is 2.62 bits per heavy atom. The molecule has 0 saturated heterocycles. The van der Waals surface area contributed by atoms with Gasteiger partial charge in [-0.2, -0.15) is 0 Å². The molecule has 1 heterocycles. The van der Waals surface area contributed by atoms with E-state index in [1.807, 2.05) is 0 Å². The van der Waals surface area contributed by atoms with Crippen LogP contribution in [0.1, 0.15) is 56.7 Å². The summed E-state index contributed by atoms with van der Waals surface area (Å²) in [5.41, 5.74) is 0. The highest BCUT2D eigenvalue weighted by Crippen LogP contribution is 2.24. The molecule has 0 unspecified atom stereocenters. The van der Waals surface area contributed by atoms with E-state index >= 15 is 0 Å². The van der Waals surface area contributed by atoms with Crippen LogP contribution in [0.2, 0.25) is 0 Å². The fourth-order valence-electron chi connectivity index (χ4n) is 2.85. The molecule has 1 saturated carbocycles. The van der Waals surface area contributed by atoms with Gasteiger partial charge in [0.15, 0.2) is 0 Å². The van der Waals surface area contributed by atoms with Crippen molar-refractivity contribution in [3.05, 3.63) is 11.8 Å². The first-order chi connectivity index (χ1) is 10.1. The van der Waals surface area contributed by atoms with Gasteiger partial charge in [-0.25, -0.2) is 4.79 Å². The summed E-state index contributed by atoms with van der Waals surface area (Å²) < 4.78 is 5.27. The Bertz CT molecular complexity index is 439. The summed E-state index contributed by atoms with van der Waals surface area (Å²) >= 11 is 0. The molecule has 0 atom stereocenters. The van der Waals surface area contributed by atoms with Crippen molar-refractivity contribution in [2.75, 3.05) is 13.6 Å². The third kappa shape index (κ3) is 5.36. The molecule has 1 aliphatic carbocycles. The molecule has 1 aromatic rings. The molecule has 118 valence electrons. The minimum absolute atomic E-state index is 0.0838. The maximum atomic E-state index is 12.0. The Balaban J connectivity index is 1.66. The normalized spacial score (nSPS) is 16.5. The largest absolute Gasteiger partial charge is 0.424 e. The molecule has 6 heteroatoms. The van der Waals surface area contributed by atoms with E-state index in [0.717, 1.165) is 18.9 Å². The Morgan fingerprint density at radius 2 is 2.00 bits per heavy atom. The van der Waals surface area contributed by atoms with E-state index in [-0.39, 0.29) is 6.03 Å². The standard InChI is InChI=1S/C15H26N4O2/c1-12-17-18-14(21-12)11-19(2)15(20)16-10-9-13-7-5-3-4-6-8-13/h13H,3-11H2,1-2H3,(H,16,20). The maximum absolute atomic E-state index is 12.0. The van der Waals surface area contributed by atoms with E-state index in [1.165, 1.54) is 38.5 Å². The predicted molar refractivity (Wildman–Crippen MR) is 79.7 cm³/mol. The minimum atomic E-state index is -0.0838. The Labute approximate surface area is 126 Å². The molecule has 0 bridgehead atoms. The van der Waals surface area contributed by atoms with Gasteiger partial charge in [0.1, 0.15) is 6.54 Å². The number of carbonyl (C=O) groups is 1. The van der Waals surface area contributed by atoms with Crippen LogP contribution in [0.15, 0.2) is 4.42 Å². The number of aromatic nitrogens is 2. The zero-order chi connectivity index (χ0) is 15.1. The second-order valence-electron chi connectivity index (χ2n) is 5.95. The van der Waals surface area contributed by atoms with Gasteiger partial charge in [0.25, 0.3) is 0 Å². The predicted octanol–water partition coefficient (Wildman–Crippen LogP) is 2.88. The summed E-state index contributed by atoms with van der Waals surface area (Å²) in [4.78, 5) is 13.6. The van der Waals surface area contributed by atoms with Gasteiger partial charge in [0.05, 0.1) is 0 Å². The van der Waals surface area contributed by atoms with Gasteiger partial charge < -0.3 is 14.6 Å². The monoisotopic (exact) mass is 294 g/mol. The topological polar surface area (TPSA) is 71.3 Å². The molecular formula is C15H26N4O2. The van der Waals surface area contributed by atoms with Crippen molar-refractivity contribution < 1.29 is 9.21 Å². The summed E-state index contributed by atoms with van der Waals surface area (Å²) in [6, 6.07) is -0.0838. The summed E-state index contributed by atoms with van der Waals surface area (Å²) in [6.07, 6.45) is 9.13. The van der Waals surface area contributed by atoms with Gasteiger partial charge in [-0.1, -0.05) is 38.5 Å². The van der Waals surface area contributed by atoms with Gasteiger partial charge in [-0.3, -0.25) is 0 Å². The van der Waals surface area contributed by atoms with Gasteiger partial charge in [0.2, 0.25) is 11.8 Å². The molecule has 1 N–H and O–H groups in total. The molecule has 0 aromatic carbocycles. The summed E-state index contributed by atoms with van der Waals surface area (Å²) in [5.74, 6) is 1.76. The summed E-state index contributed by atoms with van der Waals surface area (Å²) in [7, 11) is 1.74. The molecule has 6 nitrogen and oxygen atoms in total. The average Bonchev–Trinajstić information content (AvgIpc) is 2.72. The number of nitrogens with zero attached hydrogens (tertiary/aromatic N) is 3. The molecular weight excluding hydrogens is 268 g/mol. The van der Waals surface area contributed by atoms with Crippen LogP contribution >= 0.6 is 0 Å². The summed E-state index contributed by atoms with van der Waals surface area (Å²) in [5, 5.41) is 10.6. The lowest BCUT2D eigenvalue weighted by Crippen LogP contribution is -2.37. The van der Waals surface area contributed by atoms with Crippen LogP contribution < -0.4 is 5.32 Å². The lowest BCUT2D eigenvalue weighted by molar-refractivity contribution is 0.200. The van der Waals surface area contributed by atoms with Crippen LogP contribution in [-0.4, -0.2) is 34.7 Å². The van der Waals surface area contributed by atoms with Crippen molar-refractivity contribution in [3.8, 4) is 0 Å². The molecule has 1 aromatic heterocycles. The number of urea groups is 1. The Morgan fingerprint density at radius 1 is 1.29 bits per heavy atom. The lowest BCUT2D eigenvalue weighted by atomic mass is 9.97. The van der Waals surface area contributed by atoms with Gasteiger partial charge in [0, 0.05) is 20.5 Å². The van der Waals surface area contributed by atoms with E-state index in [4.69, 9.17) is 4.42 Å². The van der Waals surface area contributed by atoms with Crippen LogP contribution in [0.25, 0.3) is 0 Å². The second-order valence-corrected chi connectivity index (χ2v) is 5.95. The Hall–Kier alpha value is -1.59. The molecule has 0 radical (unpaired) electrons. The molecule has 21 heavy (non-hydrogen) atoms. The highest BCUT2D eigenvalue weighted by atomic mass is 16.4. The van der Waals surface area contributed by atoms with Gasteiger partial charge in [-0.05, 0) is 12.3 Å². The number of aryl methyl sites for hydroxylation is 1. The van der Waals surface area contributed by atoms with Crippen LogP contribution in [0.3, 0.4) is 0 Å².